The first kappa shape index (κ1) is 10.5. The molecule has 1 aromatic carbocycles. The number of phenolic OH excluding ortho intramolecular Hbond substituents is 1. The Hall–Kier alpha value is -0.580. The number of phenols is 1. The standard InChI is InChI=1S/C9H12BrNO2/c10-8-3-1-2-6(9(8)13)4-7(11)5-12/h1-3,7,12-13H,4-5,11H2. The third-order valence-corrected chi connectivity index (χ3v) is 2.43. The molecule has 72 valence electrons. The van der Waals surface area contributed by atoms with Gasteiger partial charge in [0.15, 0.2) is 0 Å². The molecule has 4 heteroatoms. The fourth-order valence-corrected chi connectivity index (χ4v) is 1.48. The Balaban J connectivity index is 2.83. The number of aliphatic hydroxyl groups excluding tert-OH is 1. The van der Waals surface area contributed by atoms with Crippen molar-refractivity contribution < 1.29 is 10.2 Å². The second-order valence-corrected chi connectivity index (χ2v) is 3.75. The van der Waals surface area contributed by atoms with Gasteiger partial charge in [0.25, 0.3) is 0 Å². The van der Waals surface area contributed by atoms with Crippen LogP contribution >= 0.6 is 15.9 Å². The van der Waals surface area contributed by atoms with Crippen LogP contribution < -0.4 is 5.73 Å². The summed E-state index contributed by atoms with van der Waals surface area (Å²) < 4.78 is 0.648. The van der Waals surface area contributed by atoms with Gasteiger partial charge < -0.3 is 15.9 Å². The van der Waals surface area contributed by atoms with E-state index in [1.54, 1.807) is 12.1 Å². The van der Waals surface area contributed by atoms with Crippen LogP contribution in [0.2, 0.25) is 0 Å². The minimum absolute atomic E-state index is 0.0774. The highest BCUT2D eigenvalue weighted by atomic mass is 79.9. The Morgan fingerprint density at radius 3 is 2.77 bits per heavy atom. The minimum Gasteiger partial charge on any atom is -0.506 e. The van der Waals surface area contributed by atoms with Gasteiger partial charge in [-0.3, -0.25) is 0 Å². The van der Waals surface area contributed by atoms with Gasteiger partial charge in [-0.1, -0.05) is 12.1 Å². The maximum Gasteiger partial charge on any atom is 0.132 e. The molecule has 0 heterocycles. The van der Waals surface area contributed by atoms with E-state index in [9.17, 15) is 5.11 Å². The molecule has 1 atom stereocenters. The highest BCUT2D eigenvalue weighted by Gasteiger charge is 2.08. The number of para-hydroxylation sites is 1. The molecule has 1 aromatic rings. The summed E-state index contributed by atoms with van der Waals surface area (Å²) in [6.45, 7) is -0.0774. The summed E-state index contributed by atoms with van der Waals surface area (Å²) >= 11 is 3.20. The van der Waals surface area contributed by atoms with E-state index in [2.05, 4.69) is 15.9 Å². The lowest BCUT2D eigenvalue weighted by atomic mass is 10.1. The number of halogens is 1. The molecule has 13 heavy (non-hydrogen) atoms. The molecular weight excluding hydrogens is 234 g/mol. The Kier molecular flexibility index (Phi) is 3.71. The summed E-state index contributed by atoms with van der Waals surface area (Å²) in [5.41, 5.74) is 6.29. The van der Waals surface area contributed by atoms with Gasteiger partial charge in [-0.2, -0.15) is 0 Å². The van der Waals surface area contributed by atoms with Gasteiger partial charge in [0.1, 0.15) is 5.75 Å². The number of aliphatic hydroxyl groups is 1. The molecule has 0 amide bonds. The maximum atomic E-state index is 9.56. The Labute approximate surface area is 85.3 Å². The molecule has 0 aliphatic carbocycles. The zero-order chi connectivity index (χ0) is 9.84. The maximum absolute atomic E-state index is 9.56. The second-order valence-electron chi connectivity index (χ2n) is 2.89. The third-order valence-electron chi connectivity index (χ3n) is 1.79. The summed E-state index contributed by atoms with van der Waals surface area (Å²) in [5.74, 6) is 0.200. The van der Waals surface area contributed by atoms with Gasteiger partial charge in [-0.25, -0.2) is 0 Å². The summed E-state index contributed by atoms with van der Waals surface area (Å²) in [5, 5.41) is 18.3. The molecule has 3 nitrogen and oxygen atoms in total. The number of aromatic hydroxyl groups is 1. The number of rotatable bonds is 3. The van der Waals surface area contributed by atoms with Crippen molar-refractivity contribution in [3.8, 4) is 5.75 Å². The van der Waals surface area contributed by atoms with E-state index in [0.29, 0.717) is 10.9 Å². The van der Waals surface area contributed by atoms with Crippen molar-refractivity contribution in [3.05, 3.63) is 28.2 Å². The molecule has 1 rings (SSSR count). The molecule has 0 aromatic heterocycles. The van der Waals surface area contributed by atoms with Crippen molar-refractivity contribution >= 4 is 15.9 Å². The summed E-state index contributed by atoms with van der Waals surface area (Å²) in [4.78, 5) is 0. The van der Waals surface area contributed by atoms with E-state index in [0.717, 1.165) is 5.56 Å². The molecule has 0 aliphatic rings. The zero-order valence-electron chi connectivity index (χ0n) is 7.07. The third kappa shape index (κ3) is 2.69. The van der Waals surface area contributed by atoms with E-state index in [1.807, 2.05) is 6.07 Å². The van der Waals surface area contributed by atoms with Crippen molar-refractivity contribution in [1.82, 2.24) is 0 Å². The topological polar surface area (TPSA) is 66.5 Å². The van der Waals surface area contributed by atoms with Gasteiger partial charge in [0.2, 0.25) is 0 Å². The predicted molar refractivity (Wildman–Crippen MR) is 54.6 cm³/mol. The molecule has 0 fully saturated rings. The molecule has 0 bridgehead atoms. The molecule has 4 N–H and O–H groups in total. The van der Waals surface area contributed by atoms with Crippen molar-refractivity contribution in [2.75, 3.05) is 6.61 Å². The Morgan fingerprint density at radius 2 is 2.15 bits per heavy atom. The minimum atomic E-state index is -0.319. The van der Waals surface area contributed by atoms with Crippen LogP contribution in [0.1, 0.15) is 5.56 Å². The van der Waals surface area contributed by atoms with E-state index in [1.165, 1.54) is 0 Å². The number of hydrogen-bond acceptors (Lipinski definition) is 3. The van der Waals surface area contributed by atoms with Crippen LogP contribution in [0.3, 0.4) is 0 Å². The van der Waals surface area contributed by atoms with Crippen LogP contribution in [0.4, 0.5) is 0 Å². The summed E-state index contributed by atoms with van der Waals surface area (Å²) in [6.07, 6.45) is 0.474. The van der Waals surface area contributed by atoms with Crippen molar-refractivity contribution in [2.24, 2.45) is 5.73 Å². The van der Waals surface area contributed by atoms with Crippen LogP contribution in [0.15, 0.2) is 22.7 Å². The first-order valence-corrected chi connectivity index (χ1v) is 4.77. The molecule has 1 unspecified atom stereocenters. The van der Waals surface area contributed by atoms with Gasteiger partial charge in [-0.15, -0.1) is 0 Å². The normalized spacial score (nSPS) is 12.8. The smallest absolute Gasteiger partial charge is 0.132 e. The highest BCUT2D eigenvalue weighted by Crippen LogP contribution is 2.27. The number of hydrogen-bond donors (Lipinski definition) is 3. The SMILES string of the molecule is NC(CO)Cc1cccc(Br)c1O. The van der Waals surface area contributed by atoms with Gasteiger partial charge >= 0.3 is 0 Å². The van der Waals surface area contributed by atoms with E-state index in [4.69, 9.17) is 10.8 Å². The number of nitrogens with two attached hydrogens (primary N) is 1. The van der Waals surface area contributed by atoms with Crippen molar-refractivity contribution in [3.63, 3.8) is 0 Å². The van der Waals surface area contributed by atoms with Gasteiger partial charge in [-0.05, 0) is 34.0 Å². The fraction of sp³-hybridized carbons (Fsp3) is 0.333. The molecule has 0 radical (unpaired) electrons. The van der Waals surface area contributed by atoms with Crippen LogP contribution in [0.25, 0.3) is 0 Å². The Morgan fingerprint density at radius 1 is 1.46 bits per heavy atom. The average Bonchev–Trinajstić information content (AvgIpc) is 2.13. The fourth-order valence-electron chi connectivity index (χ4n) is 1.07. The highest BCUT2D eigenvalue weighted by molar-refractivity contribution is 9.10. The first-order valence-electron chi connectivity index (χ1n) is 3.98. The lowest BCUT2D eigenvalue weighted by molar-refractivity contribution is 0.264. The van der Waals surface area contributed by atoms with E-state index < -0.39 is 0 Å². The molecule has 0 aliphatic heterocycles. The zero-order valence-corrected chi connectivity index (χ0v) is 8.66. The first-order chi connectivity index (χ1) is 6.15. The largest absolute Gasteiger partial charge is 0.506 e. The lowest BCUT2D eigenvalue weighted by Gasteiger charge is -2.10. The van der Waals surface area contributed by atoms with Crippen LogP contribution in [-0.2, 0) is 6.42 Å². The van der Waals surface area contributed by atoms with Crippen molar-refractivity contribution in [1.29, 1.82) is 0 Å². The predicted octanol–water partition coefficient (Wildman–Crippen LogP) is 1.02. The number of benzene rings is 1. The second kappa shape index (κ2) is 4.60. The molecule has 0 spiro atoms. The molecular formula is C9H12BrNO2. The van der Waals surface area contributed by atoms with E-state index in [-0.39, 0.29) is 18.4 Å². The van der Waals surface area contributed by atoms with Gasteiger partial charge in [0.05, 0.1) is 11.1 Å². The quantitative estimate of drug-likeness (QED) is 0.745. The average molecular weight is 246 g/mol. The van der Waals surface area contributed by atoms with Gasteiger partial charge in [0, 0.05) is 6.04 Å². The molecule has 0 saturated heterocycles. The van der Waals surface area contributed by atoms with Crippen LogP contribution in [0.5, 0.6) is 5.75 Å². The van der Waals surface area contributed by atoms with Crippen molar-refractivity contribution in [2.45, 2.75) is 12.5 Å². The van der Waals surface area contributed by atoms with Crippen LogP contribution in [-0.4, -0.2) is 22.9 Å². The summed E-state index contributed by atoms with van der Waals surface area (Å²) in [6, 6.07) is 5.04. The lowest BCUT2D eigenvalue weighted by Crippen LogP contribution is -2.26. The molecule has 0 saturated carbocycles. The van der Waals surface area contributed by atoms with Crippen LogP contribution in [0, 0.1) is 0 Å². The van der Waals surface area contributed by atoms with E-state index >= 15 is 0 Å². The monoisotopic (exact) mass is 245 g/mol. The Bertz CT molecular complexity index is 291. The summed E-state index contributed by atoms with van der Waals surface area (Å²) in [7, 11) is 0.